The maximum Gasteiger partial charge on any atom is 0.304 e. The summed E-state index contributed by atoms with van der Waals surface area (Å²) < 4.78 is 5.55. The summed E-state index contributed by atoms with van der Waals surface area (Å²) in [6.07, 6.45) is 0.122. The van der Waals surface area contributed by atoms with Crippen LogP contribution in [0.25, 0.3) is 0 Å². The van der Waals surface area contributed by atoms with Crippen molar-refractivity contribution in [1.29, 1.82) is 0 Å². The van der Waals surface area contributed by atoms with E-state index in [0.717, 1.165) is 5.06 Å². The molecule has 0 aromatic carbocycles. The van der Waals surface area contributed by atoms with E-state index in [2.05, 4.69) is 0 Å². The third kappa shape index (κ3) is 4.34. The molecule has 0 radical (unpaired) electrons. The summed E-state index contributed by atoms with van der Waals surface area (Å²) in [5.74, 6) is -0.786. The number of hydrogen-bond acceptors (Lipinski definition) is 3. The molecule has 3 nitrogen and oxygen atoms in total. The lowest BCUT2D eigenvalue weighted by molar-refractivity contribution is -0.139. The Bertz CT molecular complexity index is 341. The first-order valence-corrected chi connectivity index (χ1v) is 5.67. The zero-order valence-electron chi connectivity index (χ0n) is 9.24. The molecule has 0 aliphatic heterocycles. The van der Waals surface area contributed by atoms with Gasteiger partial charge in [-0.2, -0.15) is 0 Å². The molecule has 1 N–H and O–H groups in total. The molecule has 4 heteroatoms. The fourth-order valence-electron chi connectivity index (χ4n) is 1.21. The van der Waals surface area contributed by atoms with Crippen LogP contribution in [0.4, 0.5) is 0 Å². The van der Waals surface area contributed by atoms with E-state index in [1.165, 1.54) is 16.9 Å². The normalized spacial score (nSPS) is 11.4. The van der Waals surface area contributed by atoms with Crippen LogP contribution in [0.5, 0.6) is 5.06 Å². The molecule has 0 bridgehead atoms. The van der Waals surface area contributed by atoms with E-state index in [1.807, 2.05) is 32.2 Å². The van der Waals surface area contributed by atoms with Gasteiger partial charge in [-0.15, -0.1) is 11.3 Å². The van der Waals surface area contributed by atoms with Gasteiger partial charge in [-0.05, 0) is 23.9 Å². The van der Waals surface area contributed by atoms with Crippen molar-refractivity contribution in [2.24, 2.45) is 5.41 Å². The molecule has 0 saturated heterocycles. The SMILES string of the molecule is Cc1csc(OCC(C)(C)CC(=O)O)c1. The largest absolute Gasteiger partial charge is 0.483 e. The third-order valence-corrected chi connectivity index (χ3v) is 2.90. The molecule has 1 rings (SSSR count). The lowest BCUT2D eigenvalue weighted by atomic mass is 9.91. The fourth-order valence-corrected chi connectivity index (χ4v) is 1.96. The molecule has 0 amide bonds. The Morgan fingerprint density at radius 1 is 1.60 bits per heavy atom. The van der Waals surface area contributed by atoms with Crippen LogP contribution in [0, 0.1) is 12.3 Å². The predicted octanol–water partition coefficient (Wildman–Crippen LogP) is 2.94. The Morgan fingerprint density at radius 3 is 2.73 bits per heavy atom. The first-order valence-electron chi connectivity index (χ1n) is 4.79. The molecule has 0 spiro atoms. The van der Waals surface area contributed by atoms with Crippen molar-refractivity contribution in [3.63, 3.8) is 0 Å². The maximum atomic E-state index is 10.6. The van der Waals surface area contributed by atoms with Crippen molar-refractivity contribution in [2.45, 2.75) is 27.2 Å². The summed E-state index contributed by atoms with van der Waals surface area (Å²) in [6, 6.07) is 1.96. The second-order valence-electron chi connectivity index (χ2n) is 4.47. The number of hydrogen-bond donors (Lipinski definition) is 1. The van der Waals surface area contributed by atoms with Crippen LogP contribution < -0.4 is 4.74 Å². The average Bonchev–Trinajstić information content (AvgIpc) is 2.46. The van der Waals surface area contributed by atoms with E-state index in [-0.39, 0.29) is 11.8 Å². The van der Waals surface area contributed by atoms with Crippen molar-refractivity contribution in [1.82, 2.24) is 0 Å². The average molecular weight is 228 g/mol. The van der Waals surface area contributed by atoms with Crippen molar-refractivity contribution < 1.29 is 14.6 Å². The number of aliphatic carboxylic acids is 1. The van der Waals surface area contributed by atoms with E-state index in [0.29, 0.717) is 6.61 Å². The molecular formula is C11H16O3S. The molecule has 84 valence electrons. The van der Waals surface area contributed by atoms with Crippen LogP contribution in [-0.2, 0) is 4.79 Å². The molecule has 0 aliphatic carbocycles. The third-order valence-electron chi connectivity index (χ3n) is 1.94. The number of carboxylic acid groups (broad SMARTS) is 1. The lowest BCUT2D eigenvalue weighted by Crippen LogP contribution is -2.24. The van der Waals surface area contributed by atoms with Crippen LogP contribution in [0.15, 0.2) is 11.4 Å². The number of carbonyl (C=O) groups is 1. The highest BCUT2D eigenvalue weighted by Gasteiger charge is 2.22. The Morgan fingerprint density at radius 2 is 2.27 bits per heavy atom. The van der Waals surface area contributed by atoms with E-state index in [4.69, 9.17) is 9.84 Å². The van der Waals surface area contributed by atoms with Crippen molar-refractivity contribution in [3.05, 3.63) is 17.0 Å². The van der Waals surface area contributed by atoms with Crippen LogP contribution in [0.1, 0.15) is 25.8 Å². The van der Waals surface area contributed by atoms with E-state index in [1.54, 1.807) is 0 Å². The number of rotatable bonds is 5. The maximum absolute atomic E-state index is 10.6. The quantitative estimate of drug-likeness (QED) is 0.842. The summed E-state index contributed by atoms with van der Waals surface area (Å²) in [5.41, 5.74) is 0.843. The first-order chi connectivity index (χ1) is 6.89. The lowest BCUT2D eigenvalue weighted by Gasteiger charge is -2.21. The highest BCUT2D eigenvalue weighted by molar-refractivity contribution is 7.12. The molecule has 0 saturated carbocycles. The molecular weight excluding hydrogens is 212 g/mol. The van der Waals surface area contributed by atoms with Gasteiger partial charge in [-0.3, -0.25) is 4.79 Å². The van der Waals surface area contributed by atoms with Crippen LogP contribution in [0.3, 0.4) is 0 Å². The Kier molecular flexibility index (Phi) is 3.74. The van der Waals surface area contributed by atoms with Gasteiger partial charge in [0.25, 0.3) is 0 Å². The van der Waals surface area contributed by atoms with Crippen molar-refractivity contribution in [2.75, 3.05) is 6.61 Å². The molecule has 0 unspecified atom stereocenters. The van der Waals surface area contributed by atoms with Gasteiger partial charge in [0.1, 0.15) is 0 Å². The van der Waals surface area contributed by atoms with Crippen molar-refractivity contribution >= 4 is 17.3 Å². The Labute approximate surface area is 93.7 Å². The first kappa shape index (κ1) is 12.0. The minimum Gasteiger partial charge on any atom is -0.483 e. The smallest absolute Gasteiger partial charge is 0.304 e. The number of aryl methyl sites for hydroxylation is 1. The predicted molar refractivity (Wildman–Crippen MR) is 60.6 cm³/mol. The second-order valence-corrected chi connectivity index (χ2v) is 5.34. The van der Waals surface area contributed by atoms with Gasteiger partial charge >= 0.3 is 5.97 Å². The monoisotopic (exact) mass is 228 g/mol. The van der Waals surface area contributed by atoms with Gasteiger partial charge < -0.3 is 9.84 Å². The number of thiophene rings is 1. The van der Waals surface area contributed by atoms with E-state index < -0.39 is 5.97 Å². The standard InChI is InChI=1S/C11H16O3S/c1-8-4-10(15-6-8)14-7-11(2,3)5-9(12)13/h4,6H,5,7H2,1-3H3,(H,12,13). The number of carboxylic acids is 1. The number of ether oxygens (including phenoxy) is 1. The highest BCUT2D eigenvalue weighted by Crippen LogP contribution is 2.26. The van der Waals surface area contributed by atoms with Gasteiger partial charge in [0.2, 0.25) is 0 Å². The summed E-state index contributed by atoms with van der Waals surface area (Å²) >= 11 is 1.54. The van der Waals surface area contributed by atoms with Crippen LogP contribution in [-0.4, -0.2) is 17.7 Å². The molecule has 1 aromatic heterocycles. The summed E-state index contributed by atoms with van der Waals surface area (Å²) in [7, 11) is 0. The second kappa shape index (κ2) is 4.66. The van der Waals surface area contributed by atoms with Gasteiger partial charge in [0.05, 0.1) is 13.0 Å². The Hall–Kier alpha value is -1.03. The topological polar surface area (TPSA) is 46.5 Å². The molecule has 0 aliphatic rings. The summed E-state index contributed by atoms with van der Waals surface area (Å²) in [6.45, 7) is 6.22. The molecule has 15 heavy (non-hydrogen) atoms. The minimum atomic E-state index is -0.786. The van der Waals surface area contributed by atoms with E-state index in [9.17, 15) is 4.79 Å². The van der Waals surface area contributed by atoms with E-state index >= 15 is 0 Å². The molecule has 0 atom stereocenters. The molecule has 0 fully saturated rings. The summed E-state index contributed by atoms with van der Waals surface area (Å²) in [4.78, 5) is 10.6. The zero-order valence-corrected chi connectivity index (χ0v) is 10.1. The molecule has 1 aromatic rings. The summed E-state index contributed by atoms with van der Waals surface area (Å²) in [5, 5.41) is 11.6. The van der Waals surface area contributed by atoms with Gasteiger partial charge in [0, 0.05) is 5.41 Å². The Balaban J connectivity index is 2.45. The highest BCUT2D eigenvalue weighted by atomic mass is 32.1. The van der Waals surface area contributed by atoms with Gasteiger partial charge in [-0.25, -0.2) is 0 Å². The van der Waals surface area contributed by atoms with Crippen molar-refractivity contribution in [3.8, 4) is 5.06 Å². The molecule has 1 heterocycles. The minimum absolute atomic E-state index is 0.122. The van der Waals surface area contributed by atoms with Gasteiger partial charge in [-0.1, -0.05) is 13.8 Å². The van der Waals surface area contributed by atoms with Gasteiger partial charge in [0.15, 0.2) is 5.06 Å². The van der Waals surface area contributed by atoms with Crippen LogP contribution >= 0.6 is 11.3 Å². The fraction of sp³-hybridized carbons (Fsp3) is 0.545. The zero-order chi connectivity index (χ0) is 11.5. The van der Waals surface area contributed by atoms with Crippen LogP contribution in [0.2, 0.25) is 0 Å².